The van der Waals surface area contributed by atoms with Crippen LogP contribution in [0.2, 0.25) is 0 Å². The van der Waals surface area contributed by atoms with Gasteiger partial charge in [-0.15, -0.1) is 0 Å². The molecule has 2 unspecified atom stereocenters. The number of nitrogens with zero attached hydrogens (tertiary/aromatic N) is 2. The van der Waals surface area contributed by atoms with E-state index in [2.05, 4.69) is 18.7 Å². The first-order chi connectivity index (χ1) is 12.4. The van der Waals surface area contributed by atoms with Gasteiger partial charge in [-0.2, -0.15) is 0 Å². The monoisotopic (exact) mass is 360 g/mol. The van der Waals surface area contributed by atoms with Crippen molar-refractivity contribution in [1.29, 1.82) is 0 Å². The van der Waals surface area contributed by atoms with Crippen molar-refractivity contribution in [1.82, 2.24) is 9.80 Å². The number of fused-ring (bicyclic) bond motifs is 1. The summed E-state index contributed by atoms with van der Waals surface area (Å²) in [6.45, 7) is 12.7. The van der Waals surface area contributed by atoms with Gasteiger partial charge in [0.1, 0.15) is 5.75 Å². The molecule has 144 valence electrons. The van der Waals surface area contributed by atoms with Crippen LogP contribution < -0.4 is 4.74 Å². The maximum atomic E-state index is 13.0. The van der Waals surface area contributed by atoms with Crippen LogP contribution in [0.15, 0.2) is 24.3 Å². The van der Waals surface area contributed by atoms with E-state index in [1.807, 2.05) is 43.0 Å². The maximum Gasteiger partial charge on any atom is 0.254 e. The van der Waals surface area contributed by atoms with E-state index in [0.29, 0.717) is 24.1 Å². The smallest absolute Gasteiger partial charge is 0.254 e. The van der Waals surface area contributed by atoms with Crippen LogP contribution in [0.5, 0.6) is 5.75 Å². The fraction of sp³-hybridized carbons (Fsp3) is 0.667. The van der Waals surface area contributed by atoms with Crippen LogP contribution in [-0.4, -0.2) is 66.7 Å². The Kier molecular flexibility index (Phi) is 6.20. The fourth-order valence-electron chi connectivity index (χ4n) is 3.89. The van der Waals surface area contributed by atoms with Crippen LogP contribution in [-0.2, 0) is 4.74 Å². The second-order valence-electron chi connectivity index (χ2n) is 7.99. The molecule has 0 spiro atoms. The number of rotatable bonds is 4. The number of carbonyl (C=O) groups excluding carboxylic acids is 1. The van der Waals surface area contributed by atoms with Gasteiger partial charge >= 0.3 is 0 Å². The number of benzene rings is 1. The molecule has 26 heavy (non-hydrogen) atoms. The minimum absolute atomic E-state index is 0.0752. The molecule has 2 saturated heterocycles. The molecule has 5 heteroatoms. The summed E-state index contributed by atoms with van der Waals surface area (Å²) in [5.74, 6) is 1.34. The Bertz CT molecular complexity index is 617. The largest absolute Gasteiger partial charge is 0.491 e. The Morgan fingerprint density at radius 3 is 2.73 bits per heavy atom. The molecular formula is C21H32N2O3. The van der Waals surface area contributed by atoms with Gasteiger partial charge in [0, 0.05) is 43.7 Å². The molecule has 2 aliphatic heterocycles. The van der Waals surface area contributed by atoms with Gasteiger partial charge in [-0.05, 0) is 52.3 Å². The second-order valence-corrected chi connectivity index (χ2v) is 7.99. The molecule has 0 radical (unpaired) electrons. The Balaban J connectivity index is 1.66. The van der Waals surface area contributed by atoms with E-state index in [0.717, 1.165) is 38.4 Å². The maximum absolute atomic E-state index is 13.0. The highest BCUT2D eigenvalue weighted by Gasteiger charge is 2.35. The summed E-state index contributed by atoms with van der Waals surface area (Å²) >= 11 is 0. The fourth-order valence-corrected chi connectivity index (χ4v) is 3.89. The Morgan fingerprint density at radius 1 is 1.19 bits per heavy atom. The predicted molar refractivity (Wildman–Crippen MR) is 103 cm³/mol. The van der Waals surface area contributed by atoms with Crippen molar-refractivity contribution in [3.63, 3.8) is 0 Å². The van der Waals surface area contributed by atoms with Crippen LogP contribution in [0.3, 0.4) is 0 Å². The molecule has 0 saturated carbocycles. The molecule has 2 heterocycles. The van der Waals surface area contributed by atoms with E-state index in [1.54, 1.807) is 0 Å². The summed E-state index contributed by atoms with van der Waals surface area (Å²) in [7, 11) is 0. The SMILES string of the molecule is CC(C)Oc1cccc(C(=O)N2CCC3CN(C(C)C)CCOC3C2)c1. The van der Waals surface area contributed by atoms with Gasteiger partial charge in [-0.25, -0.2) is 0 Å². The molecule has 0 aromatic heterocycles. The Morgan fingerprint density at radius 2 is 2.00 bits per heavy atom. The van der Waals surface area contributed by atoms with Crippen molar-refractivity contribution < 1.29 is 14.3 Å². The molecule has 0 N–H and O–H groups in total. The lowest BCUT2D eigenvalue weighted by Gasteiger charge is -2.38. The zero-order chi connectivity index (χ0) is 18.7. The van der Waals surface area contributed by atoms with Crippen LogP contribution in [0.1, 0.15) is 44.5 Å². The minimum Gasteiger partial charge on any atom is -0.491 e. The van der Waals surface area contributed by atoms with Crippen molar-refractivity contribution in [2.75, 3.05) is 32.8 Å². The number of hydrogen-bond donors (Lipinski definition) is 0. The van der Waals surface area contributed by atoms with E-state index in [4.69, 9.17) is 9.47 Å². The van der Waals surface area contributed by atoms with Crippen molar-refractivity contribution in [3.8, 4) is 5.75 Å². The van der Waals surface area contributed by atoms with E-state index >= 15 is 0 Å². The molecule has 2 fully saturated rings. The third kappa shape index (κ3) is 4.57. The minimum atomic E-state index is 0.0752. The van der Waals surface area contributed by atoms with E-state index in [-0.39, 0.29) is 18.1 Å². The number of carbonyl (C=O) groups is 1. The van der Waals surface area contributed by atoms with Crippen LogP contribution in [0.4, 0.5) is 0 Å². The first kappa shape index (κ1) is 19.2. The highest BCUT2D eigenvalue weighted by atomic mass is 16.5. The van der Waals surface area contributed by atoms with Gasteiger partial charge in [-0.3, -0.25) is 9.69 Å². The molecule has 1 amide bonds. The lowest BCUT2D eigenvalue weighted by molar-refractivity contribution is -0.0171. The normalized spacial score (nSPS) is 24.5. The number of hydrogen-bond acceptors (Lipinski definition) is 4. The van der Waals surface area contributed by atoms with E-state index in [9.17, 15) is 4.79 Å². The molecule has 1 aromatic rings. The topological polar surface area (TPSA) is 42.0 Å². The summed E-state index contributed by atoms with van der Waals surface area (Å²) in [5.41, 5.74) is 0.694. The van der Waals surface area contributed by atoms with Gasteiger partial charge in [0.25, 0.3) is 5.91 Å². The molecule has 0 bridgehead atoms. The first-order valence-corrected chi connectivity index (χ1v) is 9.85. The molecular weight excluding hydrogens is 328 g/mol. The third-order valence-electron chi connectivity index (χ3n) is 5.35. The second kappa shape index (κ2) is 8.40. The van der Waals surface area contributed by atoms with Gasteiger partial charge in [0.2, 0.25) is 0 Å². The molecule has 5 nitrogen and oxygen atoms in total. The average Bonchev–Trinajstić information content (AvgIpc) is 2.82. The highest BCUT2D eigenvalue weighted by Crippen LogP contribution is 2.26. The predicted octanol–water partition coefficient (Wildman–Crippen LogP) is 3.05. The summed E-state index contributed by atoms with van der Waals surface area (Å²) in [5, 5.41) is 0. The molecule has 0 aliphatic carbocycles. The lowest BCUT2D eigenvalue weighted by Crippen LogP contribution is -2.49. The summed E-state index contributed by atoms with van der Waals surface area (Å²) in [6.07, 6.45) is 1.24. The molecule has 3 rings (SSSR count). The average molecular weight is 360 g/mol. The molecule has 2 atom stereocenters. The van der Waals surface area contributed by atoms with E-state index < -0.39 is 0 Å². The highest BCUT2D eigenvalue weighted by molar-refractivity contribution is 5.94. The number of ether oxygens (including phenoxy) is 2. The molecule has 1 aromatic carbocycles. The van der Waals surface area contributed by atoms with Crippen LogP contribution in [0, 0.1) is 5.92 Å². The molecule has 2 aliphatic rings. The summed E-state index contributed by atoms with van der Waals surface area (Å²) in [4.78, 5) is 17.4. The lowest BCUT2D eigenvalue weighted by atomic mass is 9.92. The Hall–Kier alpha value is -1.59. The Labute approximate surface area is 157 Å². The zero-order valence-corrected chi connectivity index (χ0v) is 16.5. The van der Waals surface area contributed by atoms with Gasteiger partial charge in [0.05, 0.1) is 18.8 Å². The van der Waals surface area contributed by atoms with Crippen molar-refractivity contribution in [2.24, 2.45) is 5.92 Å². The first-order valence-electron chi connectivity index (χ1n) is 9.85. The van der Waals surface area contributed by atoms with Crippen molar-refractivity contribution in [2.45, 2.75) is 52.4 Å². The van der Waals surface area contributed by atoms with E-state index in [1.165, 1.54) is 0 Å². The number of likely N-dealkylation sites (tertiary alicyclic amines) is 1. The van der Waals surface area contributed by atoms with Gasteiger partial charge in [-0.1, -0.05) is 6.07 Å². The summed E-state index contributed by atoms with van der Waals surface area (Å²) in [6, 6.07) is 8.05. The van der Waals surface area contributed by atoms with Gasteiger partial charge in [0.15, 0.2) is 0 Å². The summed E-state index contributed by atoms with van der Waals surface area (Å²) < 4.78 is 11.8. The number of amides is 1. The third-order valence-corrected chi connectivity index (χ3v) is 5.35. The van der Waals surface area contributed by atoms with Gasteiger partial charge < -0.3 is 14.4 Å². The number of piperidine rings is 1. The van der Waals surface area contributed by atoms with Crippen LogP contribution in [0.25, 0.3) is 0 Å². The standard InChI is InChI=1S/C21H32N2O3/c1-15(2)22-10-11-25-20-14-23(9-8-18(20)13-22)21(24)17-6-5-7-19(12-17)26-16(3)4/h5-7,12,15-16,18,20H,8-11,13-14H2,1-4H3. The van der Waals surface area contributed by atoms with Crippen molar-refractivity contribution >= 4 is 5.91 Å². The van der Waals surface area contributed by atoms with Crippen molar-refractivity contribution in [3.05, 3.63) is 29.8 Å². The zero-order valence-electron chi connectivity index (χ0n) is 16.5. The quantitative estimate of drug-likeness (QED) is 0.828. The van der Waals surface area contributed by atoms with Crippen LogP contribution >= 0.6 is 0 Å².